The molecule has 0 aliphatic carbocycles. The fourth-order valence-corrected chi connectivity index (χ4v) is 2.77. The minimum Gasteiger partial charge on any atom is -0.484 e. The molecule has 0 aliphatic rings. The summed E-state index contributed by atoms with van der Waals surface area (Å²) in [5.74, 6) is 1.20. The maximum absolute atomic E-state index is 5.76. The fraction of sp³-hybridized carbons (Fsp3) is 0.200. The van der Waals surface area contributed by atoms with Crippen molar-refractivity contribution in [2.45, 2.75) is 30.7 Å². The lowest BCUT2D eigenvalue weighted by molar-refractivity contribution is 0.250. The number of aromatic nitrogens is 7. The topological polar surface area (TPSA) is 104 Å². The standard InChI is InChI=1S/C15H13N7O2S/c1-9-3-4-10(2)11(7-9)23-8-13-17-18-15(24-13)25-14-6-5-12-16-20-21-22(12)19-14/h3-7H,8H2,1-2H3. The average molecular weight is 355 g/mol. The number of hydrogen-bond acceptors (Lipinski definition) is 9. The van der Waals surface area contributed by atoms with Gasteiger partial charge < -0.3 is 9.15 Å². The highest BCUT2D eigenvalue weighted by Gasteiger charge is 2.11. The molecule has 9 nitrogen and oxygen atoms in total. The van der Waals surface area contributed by atoms with Crippen LogP contribution in [0.3, 0.4) is 0 Å². The summed E-state index contributed by atoms with van der Waals surface area (Å²) in [6, 6.07) is 9.58. The number of fused-ring (bicyclic) bond motifs is 1. The van der Waals surface area contributed by atoms with E-state index in [9.17, 15) is 0 Å². The molecular weight excluding hydrogens is 342 g/mol. The molecule has 3 heterocycles. The van der Waals surface area contributed by atoms with E-state index in [4.69, 9.17) is 9.15 Å². The first-order valence-corrected chi connectivity index (χ1v) is 8.25. The van der Waals surface area contributed by atoms with Crippen LogP contribution in [-0.2, 0) is 6.61 Å². The van der Waals surface area contributed by atoms with Gasteiger partial charge in [0.25, 0.3) is 11.1 Å². The van der Waals surface area contributed by atoms with E-state index in [-0.39, 0.29) is 6.61 Å². The normalized spacial score (nSPS) is 11.1. The molecule has 0 aliphatic heterocycles. The van der Waals surface area contributed by atoms with Crippen molar-refractivity contribution in [1.82, 2.24) is 35.5 Å². The average Bonchev–Trinajstić information content (AvgIpc) is 3.24. The van der Waals surface area contributed by atoms with E-state index in [2.05, 4.69) is 30.8 Å². The Morgan fingerprint density at radius 2 is 2.04 bits per heavy atom. The van der Waals surface area contributed by atoms with Gasteiger partial charge in [0.05, 0.1) is 0 Å². The van der Waals surface area contributed by atoms with Crippen LogP contribution in [-0.4, -0.2) is 35.5 Å². The monoisotopic (exact) mass is 355 g/mol. The molecule has 0 saturated heterocycles. The lowest BCUT2D eigenvalue weighted by Crippen LogP contribution is -1.97. The first-order valence-electron chi connectivity index (χ1n) is 7.43. The van der Waals surface area contributed by atoms with E-state index in [0.29, 0.717) is 21.8 Å². The van der Waals surface area contributed by atoms with Gasteiger partial charge in [-0.05, 0) is 65.4 Å². The number of rotatable bonds is 5. The molecule has 1 aromatic carbocycles. The minimum atomic E-state index is 0.206. The minimum absolute atomic E-state index is 0.206. The Labute approximate surface area is 146 Å². The van der Waals surface area contributed by atoms with Crippen LogP contribution < -0.4 is 4.74 Å². The van der Waals surface area contributed by atoms with Crippen molar-refractivity contribution in [2.75, 3.05) is 0 Å². The van der Waals surface area contributed by atoms with Crippen LogP contribution >= 0.6 is 11.8 Å². The molecule has 0 spiro atoms. The van der Waals surface area contributed by atoms with Crippen LogP contribution in [0.25, 0.3) is 5.65 Å². The van der Waals surface area contributed by atoms with Gasteiger partial charge in [0.2, 0.25) is 0 Å². The van der Waals surface area contributed by atoms with Crippen LogP contribution in [0.2, 0.25) is 0 Å². The smallest absolute Gasteiger partial charge is 0.283 e. The lowest BCUT2D eigenvalue weighted by atomic mass is 10.1. The van der Waals surface area contributed by atoms with Crippen molar-refractivity contribution < 1.29 is 9.15 Å². The van der Waals surface area contributed by atoms with Gasteiger partial charge in [-0.3, -0.25) is 0 Å². The Kier molecular flexibility index (Phi) is 4.02. The summed E-state index contributed by atoms with van der Waals surface area (Å²) < 4.78 is 12.7. The van der Waals surface area contributed by atoms with Crippen molar-refractivity contribution >= 4 is 17.4 Å². The van der Waals surface area contributed by atoms with Crippen molar-refractivity contribution in [3.8, 4) is 5.75 Å². The molecule has 126 valence electrons. The quantitative estimate of drug-likeness (QED) is 0.533. The molecular formula is C15H13N7O2S. The zero-order valence-electron chi connectivity index (χ0n) is 13.4. The van der Waals surface area contributed by atoms with Gasteiger partial charge in [0, 0.05) is 0 Å². The Hall–Kier alpha value is -3.01. The fourth-order valence-electron chi connectivity index (χ4n) is 2.12. The summed E-state index contributed by atoms with van der Waals surface area (Å²) in [5, 5.41) is 24.3. The highest BCUT2D eigenvalue weighted by Crippen LogP contribution is 2.25. The van der Waals surface area contributed by atoms with E-state index >= 15 is 0 Å². The maximum atomic E-state index is 5.76. The number of benzene rings is 1. The number of tetrazole rings is 1. The summed E-state index contributed by atoms with van der Waals surface area (Å²) in [5.41, 5.74) is 2.75. The van der Waals surface area contributed by atoms with Crippen LogP contribution in [0.5, 0.6) is 5.75 Å². The van der Waals surface area contributed by atoms with E-state index in [0.717, 1.165) is 16.9 Å². The molecule has 10 heteroatoms. The third-order valence-corrected chi connectivity index (χ3v) is 4.15. The Bertz CT molecular complexity index is 1030. The summed E-state index contributed by atoms with van der Waals surface area (Å²) >= 11 is 1.23. The van der Waals surface area contributed by atoms with Crippen LogP contribution in [0.1, 0.15) is 17.0 Å². The molecule has 25 heavy (non-hydrogen) atoms. The SMILES string of the molecule is Cc1ccc(C)c(OCc2nnc(Sc3ccc4nnnn4n3)o2)c1. The molecule has 0 radical (unpaired) electrons. The van der Waals surface area contributed by atoms with Gasteiger partial charge in [0.1, 0.15) is 10.8 Å². The van der Waals surface area contributed by atoms with Crippen molar-refractivity contribution in [3.05, 3.63) is 47.3 Å². The second kappa shape index (κ2) is 6.48. The molecule has 0 N–H and O–H groups in total. The predicted octanol–water partition coefficient (Wildman–Crippen LogP) is 2.25. The number of ether oxygens (including phenoxy) is 1. The zero-order valence-corrected chi connectivity index (χ0v) is 14.3. The van der Waals surface area contributed by atoms with E-state index in [1.807, 2.05) is 32.0 Å². The number of hydrogen-bond donors (Lipinski definition) is 0. The van der Waals surface area contributed by atoms with Crippen LogP contribution in [0, 0.1) is 13.8 Å². The highest BCUT2D eigenvalue weighted by atomic mass is 32.2. The summed E-state index contributed by atoms with van der Waals surface area (Å²) in [4.78, 5) is 0. The van der Waals surface area contributed by atoms with E-state index < -0.39 is 0 Å². The van der Waals surface area contributed by atoms with Crippen molar-refractivity contribution in [2.24, 2.45) is 0 Å². The van der Waals surface area contributed by atoms with Gasteiger partial charge in [0.15, 0.2) is 12.3 Å². The first-order chi connectivity index (χ1) is 12.2. The van der Waals surface area contributed by atoms with Crippen LogP contribution in [0.4, 0.5) is 0 Å². The van der Waals surface area contributed by atoms with Crippen molar-refractivity contribution in [1.29, 1.82) is 0 Å². The molecule has 0 amide bonds. The molecule has 0 atom stereocenters. The Morgan fingerprint density at radius 1 is 1.12 bits per heavy atom. The molecule has 4 rings (SSSR count). The summed E-state index contributed by atoms with van der Waals surface area (Å²) in [6.07, 6.45) is 0. The molecule has 3 aromatic heterocycles. The van der Waals surface area contributed by atoms with Gasteiger partial charge in [-0.2, -0.15) is 0 Å². The molecule has 0 fully saturated rings. The van der Waals surface area contributed by atoms with Crippen LogP contribution in [0.15, 0.2) is 45.0 Å². The summed E-state index contributed by atoms with van der Waals surface area (Å²) in [6.45, 7) is 4.21. The lowest BCUT2D eigenvalue weighted by Gasteiger charge is -2.07. The second-order valence-electron chi connectivity index (χ2n) is 5.32. The second-order valence-corrected chi connectivity index (χ2v) is 6.29. The Balaban J connectivity index is 1.43. The summed E-state index contributed by atoms with van der Waals surface area (Å²) in [7, 11) is 0. The molecule has 0 unspecified atom stereocenters. The largest absolute Gasteiger partial charge is 0.484 e. The van der Waals surface area contributed by atoms with E-state index in [1.165, 1.54) is 16.4 Å². The van der Waals surface area contributed by atoms with Crippen molar-refractivity contribution in [3.63, 3.8) is 0 Å². The Morgan fingerprint density at radius 3 is 2.96 bits per heavy atom. The number of aryl methyl sites for hydroxylation is 2. The molecule has 4 aromatic rings. The van der Waals surface area contributed by atoms with Gasteiger partial charge in [-0.1, -0.05) is 12.1 Å². The molecule has 0 saturated carbocycles. The zero-order chi connectivity index (χ0) is 17.2. The third-order valence-electron chi connectivity index (χ3n) is 3.38. The van der Waals surface area contributed by atoms with Gasteiger partial charge >= 0.3 is 0 Å². The predicted molar refractivity (Wildman–Crippen MR) is 87.2 cm³/mol. The van der Waals surface area contributed by atoms with E-state index in [1.54, 1.807) is 12.1 Å². The first kappa shape index (κ1) is 15.5. The highest BCUT2D eigenvalue weighted by molar-refractivity contribution is 7.99. The van der Waals surface area contributed by atoms with Gasteiger partial charge in [-0.15, -0.1) is 25.0 Å². The number of nitrogens with zero attached hydrogens (tertiary/aromatic N) is 7. The van der Waals surface area contributed by atoms with Gasteiger partial charge in [-0.25, -0.2) is 0 Å². The molecule has 0 bridgehead atoms. The maximum Gasteiger partial charge on any atom is 0.283 e. The third kappa shape index (κ3) is 3.43.